The van der Waals surface area contributed by atoms with Gasteiger partial charge in [-0.2, -0.15) is 0 Å². The van der Waals surface area contributed by atoms with Crippen LogP contribution in [0.5, 0.6) is 0 Å². The van der Waals surface area contributed by atoms with Crippen LogP contribution in [0.1, 0.15) is 30.5 Å². The van der Waals surface area contributed by atoms with E-state index in [0.29, 0.717) is 37.9 Å². The molecule has 1 spiro atoms. The van der Waals surface area contributed by atoms with E-state index in [4.69, 9.17) is 0 Å². The van der Waals surface area contributed by atoms with Crippen LogP contribution >= 0.6 is 15.9 Å². The molecule has 0 unspecified atom stereocenters. The highest BCUT2D eigenvalue weighted by atomic mass is 79.9. The van der Waals surface area contributed by atoms with Crippen LogP contribution in [0.4, 0.5) is 8.78 Å². The molecule has 0 aromatic carbocycles. The van der Waals surface area contributed by atoms with E-state index in [0.717, 1.165) is 33.3 Å². The van der Waals surface area contributed by atoms with E-state index >= 15 is 0 Å². The first-order valence-corrected chi connectivity index (χ1v) is 11.8. The zero-order chi connectivity index (χ0) is 22.8. The molecule has 5 heterocycles. The van der Waals surface area contributed by atoms with Crippen LogP contribution in [0.2, 0.25) is 0 Å². The highest BCUT2D eigenvalue weighted by Crippen LogP contribution is 2.65. The number of rotatable bonds is 4. The lowest BCUT2D eigenvalue weighted by Crippen LogP contribution is -2.36. The Morgan fingerprint density at radius 3 is 2.58 bits per heavy atom. The minimum Gasteiger partial charge on any atom is -0.309 e. The molecule has 1 saturated heterocycles. The van der Waals surface area contributed by atoms with Gasteiger partial charge in [-0.3, -0.25) is 14.7 Å². The van der Waals surface area contributed by atoms with Crippen molar-refractivity contribution in [2.24, 2.45) is 5.41 Å². The number of imidazole rings is 1. The van der Waals surface area contributed by atoms with Gasteiger partial charge in [0.05, 0.1) is 17.6 Å². The molecule has 170 valence electrons. The smallest absolute Gasteiger partial charge is 0.260 e. The summed E-state index contributed by atoms with van der Waals surface area (Å²) in [5.74, 6) is -2.45. The summed E-state index contributed by atoms with van der Waals surface area (Å²) in [5, 5.41) is 1.39. The maximum atomic E-state index is 13.6. The Kier molecular flexibility index (Phi) is 4.71. The molecule has 9 heteroatoms. The lowest BCUT2D eigenvalue weighted by atomic mass is 9.92. The second kappa shape index (κ2) is 7.43. The van der Waals surface area contributed by atoms with E-state index in [1.807, 2.05) is 35.0 Å². The molecule has 2 fully saturated rings. The number of piperidine rings is 1. The summed E-state index contributed by atoms with van der Waals surface area (Å²) in [5.41, 5.74) is 1.88. The molecular formula is C24H22BrF2N5O. The molecule has 0 amide bonds. The van der Waals surface area contributed by atoms with Crippen molar-refractivity contribution in [1.82, 2.24) is 23.8 Å². The molecule has 4 aromatic heterocycles. The third kappa shape index (κ3) is 3.58. The van der Waals surface area contributed by atoms with Crippen LogP contribution in [0.25, 0.3) is 16.4 Å². The van der Waals surface area contributed by atoms with Crippen LogP contribution in [-0.4, -0.2) is 42.8 Å². The van der Waals surface area contributed by atoms with Gasteiger partial charge in [-0.1, -0.05) is 6.07 Å². The molecule has 6 rings (SSSR count). The monoisotopic (exact) mass is 513 g/mol. The number of fused-ring (bicyclic) bond motifs is 2. The van der Waals surface area contributed by atoms with E-state index in [1.54, 1.807) is 23.2 Å². The fourth-order valence-corrected chi connectivity index (χ4v) is 5.52. The van der Waals surface area contributed by atoms with Crippen molar-refractivity contribution in [2.75, 3.05) is 13.1 Å². The van der Waals surface area contributed by atoms with Crippen LogP contribution in [-0.2, 0) is 13.1 Å². The number of halogens is 3. The van der Waals surface area contributed by atoms with E-state index in [-0.39, 0.29) is 12.0 Å². The molecule has 6 nitrogen and oxygen atoms in total. The molecule has 0 bridgehead atoms. The summed E-state index contributed by atoms with van der Waals surface area (Å²) < 4.78 is 31.6. The molecule has 1 aliphatic carbocycles. The average Bonchev–Trinajstić information content (AvgIpc) is 3.11. The second-order valence-corrected chi connectivity index (χ2v) is 10.2. The lowest BCUT2D eigenvalue weighted by Gasteiger charge is -2.32. The van der Waals surface area contributed by atoms with Gasteiger partial charge in [0, 0.05) is 59.2 Å². The molecule has 0 atom stereocenters. The van der Waals surface area contributed by atoms with Gasteiger partial charge < -0.3 is 8.97 Å². The molecular weight excluding hydrogens is 492 g/mol. The van der Waals surface area contributed by atoms with Crippen molar-refractivity contribution in [2.45, 2.75) is 38.3 Å². The highest BCUT2D eigenvalue weighted by molar-refractivity contribution is 9.10. The number of hydrogen-bond donors (Lipinski definition) is 0. The van der Waals surface area contributed by atoms with Crippen LogP contribution in [0.3, 0.4) is 0 Å². The van der Waals surface area contributed by atoms with Crippen molar-refractivity contribution in [3.8, 4) is 0 Å². The first-order valence-electron chi connectivity index (χ1n) is 11.0. The summed E-state index contributed by atoms with van der Waals surface area (Å²) in [6, 6.07) is 5.90. The van der Waals surface area contributed by atoms with Crippen LogP contribution in [0.15, 0.2) is 58.5 Å². The van der Waals surface area contributed by atoms with Gasteiger partial charge in [0.25, 0.3) is 11.5 Å². The van der Waals surface area contributed by atoms with Gasteiger partial charge in [0.1, 0.15) is 5.65 Å². The fraction of sp³-hybridized carbons (Fsp3) is 0.375. The van der Waals surface area contributed by atoms with E-state index in [1.165, 1.54) is 0 Å². The number of hydrogen-bond acceptors (Lipinski definition) is 4. The Morgan fingerprint density at radius 2 is 1.82 bits per heavy atom. The minimum absolute atomic E-state index is 0.0612. The Labute approximate surface area is 197 Å². The number of likely N-dealkylation sites (tertiary alicyclic amines) is 1. The van der Waals surface area contributed by atoms with Gasteiger partial charge in [0.15, 0.2) is 0 Å². The van der Waals surface area contributed by atoms with Crippen molar-refractivity contribution in [1.29, 1.82) is 0 Å². The largest absolute Gasteiger partial charge is 0.309 e. The van der Waals surface area contributed by atoms with Gasteiger partial charge in [-0.05, 0) is 59.6 Å². The summed E-state index contributed by atoms with van der Waals surface area (Å²) in [6.45, 7) is 2.51. The topological polar surface area (TPSA) is 55.4 Å². The number of pyridine rings is 3. The van der Waals surface area contributed by atoms with Crippen molar-refractivity contribution in [3.05, 3.63) is 75.3 Å². The van der Waals surface area contributed by atoms with Gasteiger partial charge in [0.2, 0.25) is 0 Å². The second-order valence-electron chi connectivity index (χ2n) is 9.30. The lowest BCUT2D eigenvalue weighted by molar-refractivity contribution is 0.0299. The molecule has 1 saturated carbocycles. The Morgan fingerprint density at radius 1 is 1.03 bits per heavy atom. The Bertz CT molecular complexity index is 1440. The van der Waals surface area contributed by atoms with E-state index in [2.05, 4.69) is 30.8 Å². The average molecular weight is 514 g/mol. The van der Waals surface area contributed by atoms with Gasteiger partial charge >= 0.3 is 0 Å². The molecule has 2 aliphatic rings. The van der Waals surface area contributed by atoms with Crippen molar-refractivity contribution in [3.63, 3.8) is 0 Å². The standard InChI is InChI=1S/C24H22BrF2N5O/c25-20-10-28-9-19-18(20)3-6-31(22(19)33)13-17-14-32-12-16(1-2-21(32)29-17)11-30-7-4-23(5-8-30)15-24(23,26)27/h1-3,6,9-10,12,14H,4-5,7-8,11,13,15H2. The third-order valence-corrected chi connectivity index (χ3v) is 7.81. The van der Waals surface area contributed by atoms with Crippen LogP contribution < -0.4 is 5.56 Å². The molecule has 33 heavy (non-hydrogen) atoms. The zero-order valence-electron chi connectivity index (χ0n) is 17.8. The summed E-state index contributed by atoms with van der Waals surface area (Å²) >= 11 is 3.44. The van der Waals surface area contributed by atoms with Crippen LogP contribution in [0, 0.1) is 5.41 Å². The first-order chi connectivity index (χ1) is 15.8. The number of nitrogens with zero attached hydrogens (tertiary/aromatic N) is 5. The molecule has 0 N–H and O–H groups in total. The maximum Gasteiger partial charge on any atom is 0.260 e. The predicted molar refractivity (Wildman–Crippen MR) is 125 cm³/mol. The number of aromatic nitrogens is 4. The quantitative estimate of drug-likeness (QED) is 0.403. The SMILES string of the molecule is O=c1c2cncc(Br)c2ccn1Cc1cn2cc(CN3CCC4(CC3)CC4(F)F)ccc2n1. The van der Waals surface area contributed by atoms with Gasteiger partial charge in [-0.25, -0.2) is 13.8 Å². The maximum absolute atomic E-state index is 13.6. The minimum atomic E-state index is -2.45. The summed E-state index contributed by atoms with van der Waals surface area (Å²) in [6.07, 6.45) is 10.2. The third-order valence-electron chi connectivity index (χ3n) is 7.18. The first kappa shape index (κ1) is 20.9. The molecule has 0 radical (unpaired) electrons. The zero-order valence-corrected chi connectivity index (χ0v) is 19.4. The van der Waals surface area contributed by atoms with E-state index in [9.17, 15) is 13.6 Å². The predicted octanol–water partition coefficient (Wildman–Crippen LogP) is 4.48. The molecule has 4 aromatic rings. The molecule has 1 aliphatic heterocycles. The van der Waals surface area contributed by atoms with Crippen molar-refractivity contribution >= 4 is 32.3 Å². The van der Waals surface area contributed by atoms with Gasteiger partial charge in [-0.15, -0.1) is 0 Å². The highest BCUT2D eigenvalue weighted by Gasteiger charge is 2.70. The summed E-state index contributed by atoms with van der Waals surface area (Å²) in [4.78, 5) is 23.9. The van der Waals surface area contributed by atoms with Crippen molar-refractivity contribution < 1.29 is 8.78 Å². The Balaban J connectivity index is 1.19. The van der Waals surface area contributed by atoms with E-state index < -0.39 is 11.3 Å². The fourth-order valence-electron chi connectivity index (χ4n) is 5.05. The number of alkyl halides is 2. The summed E-state index contributed by atoms with van der Waals surface area (Å²) in [7, 11) is 0. The normalized spacial score (nSPS) is 19.5. The Hall–Kier alpha value is -2.65.